The summed E-state index contributed by atoms with van der Waals surface area (Å²) in [5.41, 5.74) is 1.73. The monoisotopic (exact) mass is 343 g/mol. The van der Waals surface area contributed by atoms with Crippen LogP contribution in [0.1, 0.15) is 0 Å². The maximum Gasteiger partial charge on any atom is 0.258 e. The van der Waals surface area contributed by atoms with Gasteiger partial charge in [-0.2, -0.15) is 0 Å². The third kappa shape index (κ3) is 3.89. The van der Waals surface area contributed by atoms with Crippen molar-refractivity contribution in [3.63, 3.8) is 0 Å². The molecule has 0 fully saturated rings. The van der Waals surface area contributed by atoms with Crippen LogP contribution in [0.4, 0.5) is 0 Å². The molecule has 0 saturated heterocycles. The number of thioether (sulfide) groups is 1. The molecular formula is C12H14BrN3O2S. The Balaban J connectivity index is 2.07. The number of rotatable bonds is 5. The van der Waals surface area contributed by atoms with Crippen LogP contribution < -0.4 is 10.8 Å². The minimum Gasteiger partial charge on any atom is -0.373 e. The van der Waals surface area contributed by atoms with Gasteiger partial charge in [-0.1, -0.05) is 12.1 Å². The topological polar surface area (TPSA) is 64.6 Å². The lowest BCUT2D eigenvalue weighted by Crippen LogP contribution is -2.38. The fourth-order valence-corrected chi connectivity index (χ4v) is 3.29. The minimum absolute atomic E-state index is 0.395. The molecule has 0 aromatic heterocycles. The zero-order chi connectivity index (χ0) is 13.7. The number of hydrogen-bond acceptors (Lipinski definition) is 5. The van der Waals surface area contributed by atoms with E-state index in [1.807, 2.05) is 41.6 Å². The highest BCUT2D eigenvalue weighted by molar-refractivity contribution is 9.10. The molecule has 0 aliphatic carbocycles. The van der Waals surface area contributed by atoms with E-state index in [2.05, 4.69) is 21.2 Å². The first-order valence-electron chi connectivity index (χ1n) is 5.70. The highest BCUT2D eigenvalue weighted by Crippen LogP contribution is 2.31. The molecule has 0 bridgehead atoms. The molecule has 19 heavy (non-hydrogen) atoms. The Morgan fingerprint density at radius 3 is 3.00 bits per heavy atom. The first-order chi connectivity index (χ1) is 9.20. The van der Waals surface area contributed by atoms with Crippen molar-refractivity contribution < 1.29 is 10.0 Å². The highest BCUT2D eigenvalue weighted by Gasteiger charge is 2.23. The van der Waals surface area contributed by atoms with Crippen LogP contribution in [0.25, 0.3) is 0 Å². The third-order valence-corrected chi connectivity index (χ3v) is 4.82. The standard InChI is InChI=1S/C12H14BrN3O2S/c13-9-3-1-2-4-10(9)19-11(12(17)15-18)7-16-6-5-14-8-16/h1-6,11,14,18H,7-8H2,(H,15,17). The normalized spacial score (nSPS) is 15.2. The molecule has 7 heteroatoms. The van der Waals surface area contributed by atoms with Gasteiger partial charge in [0, 0.05) is 28.3 Å². The quantitative estimate of drug-likeness (QED) is 0.432. The van der Waals surface area contributed by atoms with Crippen molar-refractivity contribution in [2.45, 2.75) is 10.1 Å². The van der Waals surface area contributed by atoms with E-state index in [9.17, 15) is 4.79 Å². The summed E-state index contributed by atoms with van der Waals surface area (Å²) in [5, 5.41) is 11.5. The lowest BCUT2D eigenvalue weighted by atomic mass is 10.4. The van der Waals surface area contributed by atoms with E-state index in [4.69, 9.17) is 5.21 Å². The largest absolute Gasteiger partial charge is 0.373 e. The predicted molar refractivity (Wildman–Crippen MR) is 77.6 cm³/mol. The Bertz CT molecular complexity index is 484. The summed E-state index contributed by atoms with van der Waals surface area (Å²) in [6.07, 6.45) is 3.72. The Morgan fingerprint density at radius 2 is 2.37 bits per heavy atom. The van der Waals surface area contributed by atoms with Crippen molar-refractivity contribution in [2.24, 2.45) is 0 Å². The SMILES string of the molecule is O=C(NO)C(CN1C=CNC1)Sc1ccccc1Br. The van der Waals surface area contributed by atoms with E-state index < -0.39 is 11.2 Å². The van der Waals surface area contributed by atoms with Gasteiger partial charge in [-0.3, -0.25) is 10.0 Å². The number of carbonyl (C=O) groups excluding carboxylic acids is 1. The van der Waals surface area contributed by atoms with Crippen LogP contribution in [0.2, 0.25) is 0 Å². The minimum atomic E-state index is -0.402. The van der Waals surface area contributed by atoms with Crippen LogP contribution in [-0.4, -0.2) is 34.5 Å². The van der Waals surface area contributed by atoms with Crippen molar-refractivity contribution in [1.29, 1.82) is 0 Å². The molecule has 1 aromatic rings. The molecular weight excluding hydrogens is 330 g/mol. The first-order valence-corrected chi connectivity index (χ1v) is 7.37. The molecule has 1 aromatic carbocycles. The zero-order valence-electron chi connectivity index (χ0n) is 10.0. The van der Waals surface area contributed by atoms with Gasteiger partial charge < -0.3 is 10.2 Å². The second kappa shape index (κ2) is 6.83. The second-order valence-electron chi connectivity index (χ2n) is 3.96. The van der Waals surface area contributed by atoms with Gasteiger partial charge in [-0.25, -0.2) is 5.48 Å². The van der Waals surface area contributed by atoms with E-state index in [1.54, 1.807) is 5.48 Å². The summed E-state index contributed by atoms with van der Waals surface area (Å²) < 4.78 is 0.936. The fraction of sp³-hybridized carbons (Fsp3) is 0.250. The molecule has 1 amide bonds. The lowest BCUT2D eigenvalue weighted by Gasteiger charge is -2.21. The van der Waals surface area contributed by atoms with Gasteiger partial charge in [0.15, 0.2) is 0 Å². The van der Waals surface area contributed by atoms with Crippen molar-refractivity contribution in [3.05, 3.63) is 41.1 Å². The third-order valence-electron chi connectivity index (χ3n) is 2.61. The molecule has 0 spiro atoms. The maximum atomic E-state index is 11.7. The number of carbonyl (C=O) groups is 1. The summed E-state index contributed by atoms with van der Waals surface area (Å²) in [7, 11) is 0. The maximum absolute atomic E-state index is 11.7. The van der Waals surface area contributed by atoms with Gasteiger partial charge in [0.2, 0.25) is 0 Å². The van der Waals surface area contributed by atoms with Crippen LogP contribution in [0, 0.1) is 0 Å². The number of nitrogens with zero attached hydrogens (tertiary/aromatic N) is 1. The van der Waals surface area contributed by atoms with E-state index >= 15 is 0 Å². The molecule has 0 radical (unpaired) electrons. The number of nitrogens with one attached hydrogen (secondary N) is 2. The van der Waals surface area contributed by atoms with Gasteiger partial charge in [0.1, 0.15) is 5.25 Å². The van der Waals surface area contributed by atoms with Crippen molar-refractivity contribution >= 4 is 33.6 Å². The van der Waals surface area contributed by atoms with Crippen LogP contribution >= 0.6 is 27.7 Å². The molecule has 1 unspecified atom stereocenters. The number of benzene rings is 1. The zero-order valence-corrected chi connectivity index (χ0v) is 12.4. The highest BCUT2D eigenvalue weighted by atomic mass is 79.9. The van der Waals surface area contributed by atoms with Gasteiger partial charge in [0.05, 0.1) is 6.67 Å². The molecule has 102 valence electrons. The molecule has 0 saturated carbocycles. The summed E-state index contributed by atoms with van der Waals surface area (Å²) in [6, 6.07) is 7.69. The van der Waals surface area contributed by atoms with Crippen LogP contribution in [-0.2, 0) is 4.79 Å². The molecule has 1 aliphatic rings. The number of halogens is 1. The van der Waals surface area contributed by atoms with E-state index in [0.717, 1.165) is 9.37 Å². The number of hydrogen-bond donors (Lipinski definition) is 3. The Labute approximate surface area is 124 Å². The van der Waals surface area contributed by atoms with Crippen LogP contribution in [0.5, 0.6) is 0 Å². The van der Waals surface area contributed by atoms with Gasteiger partial charge in [0.25, 0.3) is 5.91 Å². The molecule has 5 nitrogen and oxygen atoms in total. The van der Waals surface area contributed by atoms with Crippen LogP contribution in [0.15, 0.2) is 46.0 Å². The molecule has 3 N–H and O–H groups in total. The Hall–Kier alpha value is -1.18. The van der Waals surface area contributed by atoms with E-state index in [0.29, 0.717) is 13.2 Å². The van der Waals surface area contributed by atoms with Crippen molar-refractivity contribution in [3.8, 4) is 0 Å². The molecule has 2 rings (SSSR count). The molecule has 1 aliphatic heterocycles. The summed E-state index contributed by atoms with van der Waals surface area (Å²) >= 11 is 4.87. The van der Waals surface area contributed by atoms with Crippen molar-refractivity contribution in [2.75, 3.05) is 13.2 Å². The molecule has 1 atom stereocenters. The molecule has 1 heterocycles. The van der Waals surface area contributed by atoms with Gasteiger partial charge >= 0.3 is 0 Å². The van der Waals surface area contributed by atoms with Crippen LogP contribution in [0.3, 0.4) is 0 Å². The average Bonchev–Trinajstić information content (AvgIpc) is 2.92. The Kier molecular flexibility index (Phi) is 5.12. The Morgan fingerprint density at radius 1 is 1.58 bits per heavy atom. The predicted octanol–water partition coefficient (Wildman–Crippen LogP) is 1.75. The summed E-state index contributed by atoms with van der Waals surface area (Å²) in [6.45, 7) is 1.19. The van der Waals surface area contributed by atoms with Gasteiger partial charge in [-0.05, 0) is 28.1 Å². The smallest absolute Gasteiger partial charge is 0.258 e. The lowest BCUT2D eigenvalue weighted by molar-refractivity contribution is -0.128. The second-order valence-corrected chi connectivity index (χ2v) is 6.06. The van der Waals surface area contributed by atoms with E-state index in [-0.39, 0.29) is 0 Å². The fourth-order valence-electron chi connectivity index (χ4n) is 1.66. The van der Waals surface area contributed by atoms with Crippen molar-refractivity contribution in [1.82, 2.24) is 15.7 Å². The number of hydroxylamine groups is 1. The van der Waals surface area contributed by atoms with Gasteiger partial charge in [-0.15, -0.1) is 11.8 Å². The summed E-state index contributed by atoms with van der Waals surface area (Å²) in [4.78, 5) is 14.7. The van der Waals surface area contributed by atoms with E-state index in [1.165, 1.54) is 11.8 Å². The first kappa shape index (κ1) is 14.2. The average molecular weight is 344 g/mol. The summed E-state index contributed by atoms with van der Waals surface area (Å²) in [5.74, 6) is -0.402. The number of amides is 1.